The summed E-state index contributed by atoms with van der Waals surface area (Å²) in [6.45, 7) is 1.91. The van der Waals surface area contributed by atoms with Crippen molar-refractivity contribution in [2.75, 3.05) is 6.54 Å². The quantitative estimate of drug-likeness (QED) is 0.825. The van der Waals surface area contributed by atoms with Crippen molar-refractivity contribution in [3.63, 3.8) is 0 Å². The first-order valence-corrected chi connectivity index (χ1v) is 6.98. The molecular weight excluding hydrogens is 288 g/mol. The molecule has 0 saturated heterocycles. The van der Waals surface area contributed by atoms with E-state index in [-0.39, 0.29) is 0 Å². The van der Waals surface area contributed by atoms with Crippen LogP contribution in [-0.4, -0.2) is 11.5 Å². The summed E-state index contributed by atoms with van der Waals surface area (Å²) in [6, 6.07) is 12.7. The van der Waals surface area contributed by atoms with Crippen LogP contribution in [-0.2, 0) is 13.0 Å². The van der Waals surface area contributed by atoms with E-state index in [0.717, 1.165) is 30.4 Å². The van der Waals surface area contributed by atoms with Gasteiger partial charge in [0.25, 0.3) is 0 Å². The Morgan fingerprint density at radius 2 is 1.89 bits per heavy atom. The van der Waals surface area contributed by atoms with Crippen molar-refractivity contribution in [2.45, 2.75) is 19.4 Å². The summed E-state index contributed by atoms with van der Waals surface area (Å²) in [4.78, 5) is 4.14. The molecule has 2 aromatic rings. The van der Waals surface area contributed by atoms with E-state index in [1.165, 1.54) is 11.1 Å². The molecule has 1 N–H and O–H groups in total. The van der Waals surface area contributed by atoms with Gasteiger partial charge in [0.1, 0.15) is 0 Å². The lowest BCUT2D eigenvalue weighted by molar-refractivity contribution is 0.648. The van der Waals surface area contributed by atoms with Crippen molar-refractivity contribution >= 4 is 15.9 Å². The Kier molecular flexibility index (Phi) is 5.36. The predicted molar refractivity (Wildman–Crippen MR) is 78.4 cm³/mol. The Morgan fingerprint density at radius 3 is 2.67 bits per heavy atom. The van der Waals surface area contributed by atoms with Crippen molar-refractivity contribution < 1.29 is 0 Å². The minimum atomic E-state index is 0.876. The molecule has 0 fully saturated rings. The van der Waals surface area contributed by atoms with Crippen LogP contribution in [0.5, 0.6) is 0 Å². The van der Waals surface area contributed by atoms with Crippen molar-refractivity contribution in [3.05, 3.63) is 64.4 Å². The molecule has 2 rings (SSSR count). The summed E-state index contributed by atoms with van der Waals surface area (Å²) in [7, 11) is 0. The molecule has 0 atom stereocenters. The second-order valence-electron chi connectivity index (χ2n) is 4.28. The number of rotatable bonds is 6. The fraction of sp³-hybridized carbons (Fsp3) is 0.267. The lowest BCUT2D eigenvalue weighted by Gasteiger charge is -2.05. The highest BCUT2D eigenvalue weighted by atomic mass is 79.9. The van der Waals surface area contributed by atoms with Gasteiger partial charge in [0.2, 0.25) is 0 Å². The van der Waals surface area contributed by atoms with Gasteiger partial charge in [-0.1, -0.05) is 30.3 Å². The Bertz CT molecular complexity index is 471. The average molecular weight is 305 g/mol. The molecule has 1 aromatic heterocycles. The highest BCUT2D eigenvalue weighted by molar-refractivity contribution is 9.10. The molecule has 94 valence electrons. The number of aryl methyl sites for hydroxylation is 1. The third-order valence-corrected chi connectivity index (χ3v) is 3.19. The Balaban J connectivity index is 1.65. The molecular formula is C15H17BrN2. The Morgan fingerprint density at radius 1 is 1.06 bits per heavy atom. The molecule has 2 nitrogen and oxygen atoms in total. The summed E-state index contributed by atoms with van der Waals surface area (Å²) >= 11 is 3.43. The fourth-order valence-corrected chi connectivity index (χ4v) is 2.26. The van der Waals surface area contributed by atoms with Gasteiger partial charge in [-0.25, -0.2) is 0 Å². The van der Waals surface area contributed by atoms with Gasteiger partial charge in [-0.15, -0.1) is 0 Å². The first-order valence-electron chi connectivity index (χ1n) is 6.18. The summed E-state index contributed by atoms with van der Waals surface area (Å²) < 4.78 is 1.03. The van der Waals surface area contributed by atoms with E-state index in [9.17, 15) is 0 Å². The van der Waals surface area contributed by atoms with Gasteiger partial charge in [0.05, 0.1) is 0 Å². The zero-order valence-corrected chi connectivity index (χ0v) is 11.9. The second-order valence-corrected chi connectivity index (χ2v) is 5.19. The molecule has 0 bridgehead atoms. The SMILES string of the molecule is Brc1cncc(CNCCCc2ccccc2)c1. The lowest BCUT2D eigenvalue weighted by atomic mass is 10.1. The first kappa shape index (κ1) is 13.2. The molecule has 0 saturated carbocycles. The molecule has 0 amide bonds. The maximum absolute atomic E-state index is 4.14. The highest BCUT2D eigenvalue weighted by Crippen LogP contribution is 2.09. The summed E-state index contributed by atoms with van der Waals surface area (Å²) in [5.74, 6) is 0. The van der Waals surface area contributed by atoms with Crippen molar-refractivity contribution in [1.29, 1.82) is 0 Å². The molecule has 0 radical (unpaired) electrons. The van der Waals surface area contributed by atoms with E-state index < -0.39 is 0 Å². The van der Waals surface area contributed by atoms with Gasteiger partial charge in [0.15, 0.2) is 0 Å². The monoisotopic (exact) mass is 304 g/mol. The number of benzene rings is 1. The van der Waals surface area contributed by atoms with Crippen LogP contribution >= 0.6 is 15.9 Å². The second kappa shape index (κ2) is 7.29. The van der Waals surface area contributed by atoms with Crippen LogP contribution in [0.3, 0.4) is 0 Å². The van der Waals surface area contributed by atoms with Crippen molar-refractivity contribution in [1.82, 2.24) is 10.3 Å². The lowest BCUT2D eigenvalue weighted by Crippen LogP contribution is -2.15. The topological polar surface area (TPSA) is 24.9 Å². The molecule has 1 heterocycles. The van der Waals surface area contributed by atoms with Gasteiger partial charge < -0.3 is 5.32 Å². The fourth-order valence-electron chi connectivity index (χ4n) is 1.85. The van der Waals surface area contributed by atoms with Gasteiger partial charge in [-0.3, -0.25) is 4.98 Å². The van der Waals surface area contributed by atoms with Crippen molar-refractivity contribution in [3.8, 4) is 0 Å². The van der Waals surface area contributed by atoms with Gasteiger partial charge in [-0.2, -0.15) is 0 Å². The predicted octanol–water partition coefficient (Wildman–Crippen LogP) is 3.57. The Hall–Kier alpha value is -1.19. The number of nitrogens with one attached hydrogen (secondary N) is 1. The van der Waals surface area contributed by atoms with E-state index in [4.69, 9.17) is 0 Å². The van der Waals surface area contributed by atoms with Crippen molar-refractivity contribution in [2.24, 2.45) is 0 Å². The Labute approximate surface area is 117 Å². The van der Waals surface area contributed by atoms with E-state index in [0.29, 0.717) is 0 Å². The molecule has 1 aromatic carbocycles. The summed E-state index contributed by atoms with van der Waals surface area (Å²) in [5, 5.41) is 3.44. The standard InChI is InChI=1S/C15H17BrN2/c16-15-9-14(11-18-12-15)10-17-8-4-7-13-5-2-1-3-6-13/h1-3,5-6,9,11-12,17H,4,7-8,10H2. The van der Waals surface area contributed by atoms with Crippen LogP contribution in [0.4, 0.5) is 0 Å². The smallest absolute Gasteiger partial charge is 0.0410 e. The van der Waals surface area contributed by atoms with E-state index in [2.05, 4.69) is 62.6 Å². The summed E-state index contributed by atoms with van der Waals surface area (Å²) in [6.07, 6.45) is 5.99. The van der Waals surface area contributed by atoms with Crippen LogP contribution in [0.15, 0.2) is 53.3 Å². The van der Waals surface area contributed by atoms with Crippen LogP contribution < -0.4 is 5.32 Å². The number of hydrogen-bond donors (Lipinski definition) is 1. The van der Waals surface area contributed by atoms with Gasteiger partial charge >= 0.3 is 0 Å². The van der Waals surface area contributed by atoms with Crippen LogP contribution in [0.1, 0.15) is 17.5 Å². The number of aromatic nitrogens is 1. The zero-order valence-electron chi connectivity index (χ0n) is 10.3. The summed E-state index contributed by atoms with van der Waals surface area (Å²) in [5.41, 5.74) is 2.62. The largest absolute Gasteiger partial charge is 0.313 e. The first-order chi connectivity index (χ1) is 8.84. The van der Waals surface area contributed by atoms with Gasteiger partial charge in [0, 0.05) is 23.4 Å². The third-order valence-electron chi connectivity index (χ3n) is 2.75. The van der Waals surface area contributed by atoms with E-state index in [1.54, 1.807) is 6.20 Å². The average Bonchev–Trinajstić information content (AvgIpc) is 2.40. The highest BCUT2D eigenvalue weighted by Gasteiger charge is 1.95. The minimum absolute atomic E-state index is 0.876. The maximum Gasteiger partial charge on any atom is 0.0410 e. The van der Waals surface area contributed by atoms with Crippen LogP contribution in [0.25, 0.3) is 0 Å². The number of hydrogen-bond acceptors (Lipinski definition) is 2. The van der Waals surface area contributed by atoms with Crippen LogP contribution in [0, 0.1) is 0 Å². The maximum atomic E-state index is 4.14. The molecule has 0 aliphatic rings. The molecule has 0 spiro atoms. The third kappa shape index (κ3) is 4.59. The number of pyridine rings is 1. The molecule has 0 unspecified atom stereocenters. The molecule has 0 aliphatic carbocycles. The molecule has 3 heteroatoms. The van der Waals surface area contributed by atoms with Gasteiger partial charge in [-0.05, 0) is 52.5 Å². The zero-order chi connectivity index (χ0) is 12.6. The van der Waals surface area contributed by atoms with E-state index in [1.807, 2.05) is 6.20 Å². The normalized spacial score (nSPS) is 10.5. The number of nitrogens with zero attached hydrogens (tertiary/aromatic N) is 1. The molecule has 18 heavy (non-hydrogen) atoms. The van der Waals surface area contributed by atoms with Crippen LogP contribution in [0.2, 0.25) is 0 Å². The molecule has 0 aliphatic heterocycles. The van der Waals surface area contributed by atoms with E-state index >= 15 is 0 Å². The minimum Gasteiger partial charge on any atom is -0.313 e. The number of halogens is 1.